The van der Waals surface area contributed by atoms with Crippen molar-refractivity contribution in [2.75, 3.05) is 7.11 Å². The highest BCUT2D eigenvalue weighted by atomic mass is 79.9. The Kier molecular flexibility index (Phi) is 3.81. The first-order chi connectivity index (χ1) is 12.2. The van der Waals surface area contributed by atoms with Crippen molar-refractivity contribution in [2.24, 2.45) is 0 Å². The van der Waals surface area contributed by atoms with Gasteiger partial charge in [-0.15, -0.1) is 0 Å². The number of fused-ring (bicyclic) bond motifs is 1. The molecule has 4 aromatic rings. The van der Waals surface area contributed by atoms with E-state index >= 15 is 0 Å². The van der Waals surface area contributed by atoms with Crippen molar-refractivity contribution in [3.63, 3.8) is 0 Å². The lowest BCUT2D eigenvalue weighted by Gasteiger charge is -2.05. The smallest absolute Gasteiger partial charge is 0.349 e. The lowest BCUT2D eigenvalue weighted by Crippen LogP contribution is -2.03. The standard InChI is InChI=1S/C17H10BrN3O4/c1-23-13-8-10(18)6-9-7-11(17(22)24-14(9)13)16-20-15(21-25-16)12-4-2-3-5-19-12/h2-8H,1H3. The summed E-state index contributed by atoms with van der Waals surface area (Å²) in [6, 6.07) is 10.5. The van der Waals surface area contributed by atoms with Gasteiger partial charge >= 0.3 is 5.63 Å². The van der Waals surface area contributed by atoms with E-state index in [1.807, 2.05) is 6.07 Å². The monoisotopic (exact) mass is 399 g/mol. The van der Waals surface area contributed by atoms with Gasteiger partial charge in [-0.05, 0) is 30.3 Å². The number of pyridine rings is 1. The third-order valence-corrected chi connectivity index (χ3v) is 3.99. The Labute approximate surface area is 149 Å². The van der Waals surface area contributed by atoms with Crippen molar-refractivity contribution in [2.45, 2.75) is 0 Å². The van der Waals surface area contributed by atoms with Crippen LogP contribution in [0.25, 0.3) is 33.9 Å². The molecule has 25 heavy (non-hydrogen) atoms. The Hall–Kier alpha value is -3.00. The molecule has 0 aliphatic rings. The van der Waals surface area contributed by atoms with Crippen LogP contribution in [-0.4, -0.2) is 22.2 Å². The maximum atomic E-state index is 12.4. The Bertz CT molecular complexity index is 1120. The van der Waals surface area contributed by atoms with Crippen molar-refractivity contribution in [3.8, 4) is 28.7 Å². The molecule has 0 fully saturated rings. The summed E-state index contributed by atoms with van der Waals surface area (Å²) in [4.78, 5) is 20.7. The fourth-order valence-electron chi connectivity index (χ4n) is 2.40. The highest BCUT2D eigenvalue weighted by Crippen LogP contribution is 2.31. The predicted octanol–water partition coefficient (Wildman–Crippen LogP) is 3.68. The normalized spacial score (nSPS) is 11.0. The van der Waals surface area contributed by atoms with Gasteiger partial charge in [0.1, 0.15) is 11.3 Å². The molecule has 1 aromatic carbocycles. The summed E-state index contributed by atoms with van der Waals surface area (Å²) in [5, 5.41) is 4.54. The largest absolute Gasteiger partial charge is 0.493 e. The molecule has 0 aliphatic carbocycles. The van der Waals surface area contributed by atoms with Crippen molar-refractivity contribution < 1.29 is 13.7 Å². The molecule has 0 unspecified atom stereocenters. The Balaban J connectivity index is 1.86. The third-order valence-electron chi connectivity index (χ3n) is 3.53. The maximum absolute atomic E-state index is 12.4. The van der Waals surface area contributed by atoms with E-state index in [1.165, 1.54) is 7.11 Å². The molecule has 4 rings (SSSR count). The number of benzene rings is 1. The fourth-order valence-corrected chi connectivity index (χ4v) is 2.85. The molecular formula is C17H10BrN3O4. The van der Waals surface area contributed by atoms with E-state index in [-0.39, 0.29) is 11.5 Å². The zero-order chi connectivity index (χ0) is 17.4. The topological polar surface area (TPSA) is 91.3 Å². The molecule has 0 atom stereocenters. The highest BCUT2D eigenvalue weighted by molar-refractivity contribution is 9.10. The first-order valence-electron chi connectivity index (χ1n) is 7.22. The van der Waals surface area contributed by atoms with Crippen LogP contribution in [0.1, 0.15) is 0 Å². The van der Waals surface area contributed by atoms with Crippen LogP contribution < -0.4 is 10.4 Å². The first kappa shape index (κ1) is 15.5. The van der Waals surface area contributed by atoms with Gasteiger partial charge in [-0.2, -0.15) is 4.98 Å². The van der Waals surface area contributed by atoms with Crippen LogP contribution in [0.4, 0.5) is 0 Å². The van der Waals surface area contributed by atoms with Crippen LogP contribution in [0, 0.1) is 0 Å². The summed E-state index contributed by atoms with van der Waals surface area (Å²) in [5.74, 6) is 0.810. The number of hydrogen-bond donors (Lipinski definition) is 0. The second kappa shape index (κ2) is 6.14. The second-order valence-corrected chi connectivity index (χ2v) is 6.03. The average molecular weight is 400 g/mol. The molecule has 0 radical (unpaired) electrons. The number of ether oxygens (including phenoxy) is 1. The summed E-state index contributed by atoms with van der Waals surface area (Å²) >= 11 is 3.40. The molecule has 0 bridgehead atoms. The van der Waals surface area contributed by atoms with E-state index in [2.05, 4.69) is 31.1 Å². The molecule has 124 valence electrons. The van der Waals surface area contributed by atoms with Gasteiger partial charge in [-0.3, -0.25) is 4.98 Å². The van der Waals surface area contributed by atoms with Crippen LogP contribution in [0.15, 0.2) is 60.8 Å². The molecule has 0 N–H and O–H groups in total. The lowest BCUT2D eigenvalue weighted by atomic mass is 10.1. The summed E-state index contributed by atoms with van der Waals surface area (Å²) in [6.07, 6.45) is 1.62. The number of methoxy groups -OCH3 is 1. The second-order valence-electron chi connectivity index (χ2n) is 5.11. The molecule has 0 saturated heterocycles. The van der Waals surface area contributed by atoms with E-state index in [1.54, 1.807) is 36.5 Å². The van der Waals surface area contributed by atoms with Gasteiger partial charge < -0.3 is 13.7 Å². The molecule has 0 spiro atoms. The number of halogens is 1. The lowest BCUT2D eigenvalue weighted by molar-refractivity contribution is 0.405. The molecule has 0 saturated carbocycles. The zero-order valence-electron chi connectivity index (χ0n) is 12.9. The quantitative estimate of drug-likeness (QED) is 0.485. The van der Waals surface area contributed by atoms with E-state index in [9.17, 15) is 4.79 Å². The van der Waals surface area contributed by atoms with Gasteiger partial charge in [0.05, 0.1) is 7.11 Å². The van der Waals surface area contributed by atoms with Gasteiger partial charge in [0, 0.05) is 16.1 Å². The Morgan fingerprint density at radius 1 is 1.20 bits per heavy atom. The molecular weight excluding hydrogens is 390 g/mol. The van der Waals surface area contributed by atoms with Crippen molar-refractivity contribution >= 4 is 26.9 Å². The maximum Gasteiger partial charge on any atom is 0.349 e. The Morgan fingerprint density at radius 3 is 2.84 bits per heavy atom. The van der Waals surface area contributed by atoms with Gasteiger partial charge in [0.15, 0.2) is 11.3 Å². The zero-order valence-corrected chi connectivity index (χ0v) is 14.5. The van der Waals surface area contributed by atoms with E-state index < -0.39 is 5.63 Å². The Morgan fingerprint density at radius 2 is 2.08 bits per heavy atom. The molecule has 7 nitrogen and oxygen atoms in total. The molecule has 3 heterocycles. The van der Waals surface area contributed by atoms with Crippen LogP contribution in [0.2, 0.25) is 0 Å². The first-order valence-corrected chi connectivity index (χ1v) is 8.02. The molecule has 8 heteroatoms. The van der Waals surface area contributed by atoms with E-state index in [0.29, 0.717) is 28.2 Å². The van der Waals surface area contributed by atoms with E-state index in [4.69, 9.17) is 13.7 Å². The summed E-state index contributed by atoms with van der Waals surface area (Å²) in [6.45, 7) is 0. The van der Waals surface area contributed by atoms with Gasteiger partial charge in [0.2, 0.25) is 5.82 Å². The average Bonchev–Trinajstić information content (AvgIpc) is 3.11. The van der Waals surface area contributed by atoms with Crippen molar-refractivity contribution in [3.05, 3.63) is 57.5 Å². The predicted molar refractivity (Wildman–Crippen MR) is 93.3 cm³/mol. The highest BCUT2D eigenvalue weighted by Gasteiger charge is 2.18. The third kappa shape index (κ3) is 2.80. The van der Waals surface area contributed by atoms with Crippen molar-refractivity contribution in [1.82, 2.24) is 15.1 Å². The minimum absolute atomic E-state index is 0.0650. The van der Waals surface area contributed by atoms with Crippen LogP contribution in [0.5, 0.6) is 5.75 Å². The molecule has 0 aliphatic heterocycles. The summed E-state index contributed by atoms with van der Waals surface area (Å²) < 4.78 is 16.6. The summed E-state index contributed by atoms with van der Waals surface area (Å²) in [7, 11) is 1.51. The number of aromatic nitrogens is 3. The summed E-state index contributed by atoms with van der Waals surface area (Å²) in [5.41, 5.74) is 0.475. The SMILES string of the molecule is COc1cc(Br)cc2cc(-c3nc(-c4ccccn4)no3)c(=O)oc12. The van der Waals surface area contributed by atoms with Gasteiger partial charge in [0.25, 0.3) is 5.89 Å². The molecule has 0 amide bonds. The van der Waals surface area contributed by atoms with Crippen LogP contribution in [-0.2, 0) is 0 Å². The van der Waals surface area contributed by atoms with Gasteiger partial charge in [-0.25, -0.2) is 4.79 Å². The van der Waals surface area contributed by atoms with Crippen LogP contribution >= 0.6 is 15.9 Å². The van der Waals surface area contributed by atoms with Crippen LogP contribution in [0.3, 0.4) is 0 Å². The number of nitrogens with zero attached hydrogens (tertiary/aromatic N) is 3. The van der Waals surface area contributed by atoms with Crippen molar-refractivity contribution in [1.29, 1.82) is 0 Å². The minimum Gasteiger partial charge on any atom is -0.493 e. The molecule has 3 aromatic heterocycles. The number of hydrogen-bond acceptors (Lipinski definition) is 7. The van der Waals surface area contributed by atoms with E-state index in [0.717, 1.165) is 4.47 Å². The fraction of sp³-hybridized carbons (Fsp3) is 0.0588. The number of rotatable bonds is 3. The minimum atomic E-state index is -0.593. The van der Waals surface area contributed by atoms with Gasteiger partial charge in [-0.1, -0.05) is 27.2 Å².